The van der Waals surface area contributed by atoms with E-state index in [9.17, 15) is 19.8 Å². The fourth-order valence-corrected chi connectivity index (χ4v) is 4.55. The Morgan fingerprint density at radius 2 is 1.78 bits per heavy atom. The number of hydrogen-bond donors (Lipinski definition) is 2. The molecule has 2 aromatic rings. The molecule has 3 rings (SSSR count). The zero-order valence-corrected chi connectivity index (χ0v) is 22.4. The minimum absolute atomic E-state index is 0.0105. The lowest BCUT2D eigenvalue weighted by Crippen LogP contribution is -2.38. The third kappa shape index (κ3) is 6.07. The Bertz CT molecular complexity index is 1160. The minimum atomic E-state index is -0.828. The number of likely N-dealkylation sites (N-methyl/N-ethyl adjacent to an activating group) is 1. The Morgan fingerprint density at radius 3 is 2.41 bits per heavy atom. The second-order valence-corrected chi connectivity index (χ2v) is 9.13. The molecule has 0 saturated carbocycles. The fraction of sp³-hybridized carbons (Fsp3) is 0.448. The number of unbranched alkanes of at least 4 members (excludes halogenated alkanes) is 1. The van der Waals surface area contributed by atoms with Crippen LogP contribution in [0.2, 0.25) is 0 Å². The van der Waals surface area contributed by atoms with E-state index < -0.39 is 17.7 Å². The molecule has 1 aliphatic heterocycles. The molecule has 1 saturated heterocycles. The summed E-state index contributed by atoms with van der Waals surface area (Å²) in [6.07, 6.45) is 1.96. The third-order valence-corrected chi connectivity index (χ3v) is 6.81. The second kappa shape index (κ2) is 12.6. The zero-order chi connectivity index (χ0) is 27.1. The van der Waals surface area contributed by atoms with Crippen LogP contribution in [0.5, 0.6) is 17.2 Å². The summed E-state index contributed by atoms with van der Waals surface area (Å²) in [4.78, 5) is 30.2. The maximum absolute atomic E-state index is 13.3. The molecule has 2 N–H and O–H groups in total. The van der Waals surface area contributed by atoms with Crippen LogP contribution in [-0.4, -0.2) is 71.6 Å². The predicted molar refractivity (Wildman–Crippen MR) is 143 cm³/mol. The molecular formula is C29H38N2O6. The Labute approximate surface area is 219 Å². The molecule has 1 atom stereocenters. The Kier molecular flexibility index (Phi) is 9.58. The highest BCUT2D eigenvalue weighted by Crippen LogP contribution is 2.42. The molecule has 2 aromatic carbocycles. The number of phenolic OH excluding ortho intramolecular Hbond substituents is 1. The van der Waals surface area contributed by atoms with Gasteiger partial charge in [0.2, 0.25) is 0 Å². The van der Waals surface area contributed by atoms with Gasteiger partial charge in [0, 0.05) is 18.7 Å². The lowest BCUT2D eigenvalue weighted by atomic mass is 9.94. The number of aliphatic hydroxyl groups is 1. The quantitative estimate of drug-likeness (QED) is 0.186. The first kappa shape index (κ1) is 28.1. The molecule has 8 heteroatoms. The lowest BCUT2D eigenvalue weighted by molar-refractivity contribution is -0.140. The molecule has 200 valence electrons. The number of aliphatic hydroxyl groups excluding tert-OH is 1. The standard InChI is InChI=1S/C29H38N2O6/c1-6-9-16-37-23-13-11-21(17-19(23)4)27(33)25-26(20-10-12-22(32)24(18-20)36-5)31(29(35)28(25)34)15-14-30(7-2)8-3/h10-13,17-18,26,32-33H,6-9,14-16H2,1-5H3/b27-25+/t26-/m1/s1. The maximum atomic E-state index is 13.3. The number of rotatable bonds is 12. The molecule has 0 unspecified atom stereocenters. The van der Waals surface area contributed by atoms with Crippen molar-refractivity contribution in [1.82, 2.24) is 9.80 Å². The largest absolute Gasteiger partial charge is 0.507 e. The number of ketones is 1. The van der Waals surface area contributed by atoms with E-state index in [2.05, 4.69) is 11.8 Å². The summed E-state index contributed by atoms with van der Waals surface area (Å²) >= 11 is 0. The molecule has 0 radical (unpaired) electrons. The lowest BCUT2D eigenvalue weighted by Gasteiger charge is -2.28. The first-order chi connectivity index (χ1) is 17.8. The Balaban J connectivity index is 2.08. The smallest absolute Gasteiger partial charge is 0.295 e. The number of carbonyl (C=O) groups excluding carboxylic acids is 2. The van der Waals surface area contributed by atoms with Crippen molar-refractivity contribution < 1.29 is 29.3 Å². The molecule has 1 aliphatic rings. The Hall–Kier alpha value is -3.52. The van der Waals surface area contributed by atoms with Gasteiger partial charge in [-0.2, -0.15) is 0 Å². The van der Waals surface area contributed by atoms with Gasteiger partial charge in [-0.25, -0.2) is 0 Å². The van der Waals surface area contributed by atoms with E-state index in [0.717, 1.165) is 31.5 Å². The average Bonchev–Trinajstić information content (AvgIpc) is 3.15. The van der Waals surface area contributed by atoms with E-state index in [0.29, 0.717) is 36.6 Å². The van der Waals surface area contributed by atoms with Gasteiger partial charge in [-0.3, -0.25) is 9.59 Å². The highest BCUT2D eigenvalue weighted by atomic mass is 16.5. The molecule has 0 spiro atoms. The van der Waals surface area contributed by atoms with E-state index in [1.54, 1.807) is 30.3 Å². The van der Waals surface area contributed by atoms with Crippen molar-refractivity contribution in [2.45, 2.75) is 46.6 Å². The molecule has 0 aromatic heterocycles. The van der Waals surface area contributed by atoms with Gasteiger partial charge >= 0.3 is 0 Å². The van der Waals surface area contributed by atoms with E-state index in [4.69, 9.17) is 9.47 Å². The number of hydrogen-bond acceptors (Lipinski definition) is 7. The summed E-state index contributed by atoms with van der Waals surface area (Å²) in [6, 6.07) is 9.10. The first-order valence-electron chi connectivity index (χ1n) is 12.9. The van der Waals surface area contributed by atoms with Gasteiger partial charge in [0.25, 0.3) is 11.7 Å². The number of nitrogens with zero attached hydrogens (tertiary/aromatic N) is 2. The topological polar surface area (TPSA) is 99.5 Å². The summed E-state index contributed by atoms with van der Waals surface area (Å²) < 4.78 is 11.1. The van der Waals surface area contributed by atoms with Gasteiger partial charge in [-0.1, -0.05) is 33.3 Å². The fourth-order valence-electron chi connectivity index (χ4n) is 4.55. The zero-order valence-electron chi connectivity index (χ0n) is 22.4. The molecule has 1 amide bonds. The van der Waals surface area contributed by atoms with Crippen molar-refractivity contribution in [3.8, 4) is 17.2 Å². The van der Waals surface area contributed by atoms with Crippen LogP contribution in [-0.2, 0) is 9.59 Å². The first-order valence-corrected chi connectivity index (χ1v) is 12.9. The van der Waals surface area contributed by atoms with E-state index in [1.165, 1.54) is 18.1 Å². The van der Waals surface area contributed by atoms with Crippen molar-refractivity contribution >= 4 is 17.4 Å². The summed E-state index contributed by atoms with van der Waals surface area (Å²) in [5, 5.41) is 21.5. The van der Waals surface area contributed by atoms with Gasteiger partial charge in [0.1, 0.15) is 11.5 Å². The average molecular weight is 511 g/mol. The predicted octanol–water partition coefficient (Wildman–Crippen LogP) is 4.65. The van der Waals surface area contributed by atoms with Gasteiger partial charge in [0.15, 0.2) is 11.5 Å². The maximum Gasteiger partial charge on any atom is 0.295 e. The normalized spacial score (nSPS) is 17.0. The number of aromatic hydroxyl groups is 1. The SMILES string of the molecule is CCCCOc1ccc(/C(O)=C2\C(=O)C(=O)N(CCN(CC)CC)[C@@H]2c2ccc(O)c(OC)c2)cc1C. The summed E-state index contributed by atoms with van der Waals surface area (Å²) in [7, 11) is 1.43. The van der Waals surface area contributed by atoms with Gasteiger partial charge in [-0.15, -0.1) is 0 Å². The van der Waals surface area contributed by atoms with Crippen molar-refractivity contribution in [2.24, 2.45) is 0 Å². The van der Waals surface area contributed by atoms with Crippen LogP contribution in [0, 0.1) is 6.92 Å². The van der Waals surface area contributed by atoms with E-state index in [1.807, 2.05) is 20.8 Å². The molecule has 37 heavy (non-hydrogen) atoms. The molecule has 1 heterocycles. The number of methoxy groups -OCH3 is 1. The van der Waals surface area contributed by atoms with Crippen LogP contribution in [0.15, 0.2) is 42.0 Å². The van der Waals surface area contributed by atoms with Crippen molar-refractivity contribution in [2.75, 3.05) is 39.9 Å². The number of aryl methyl sites for hydroxylation is 1. The van der Waals surface area contributed by atoms with Gasteiger partial charge in [-0.05, 0) is 67.9 Å². The monoisotopic (exact) mass is 510 g/mol. The summed E-state index contributed by atoms with van der Waals surface area (Å²) in [5.74, 6) is -0.776. The van der Waals surface area contributed by atoms with Crippen LogP contribution >= 0.6 is 0 Å². The van der Waals surface area contributed by atoms with Crippen molar-refractivity contribution in [3.63, 3.8) is 0 Å². The highest BCUT2D eigenvalue weighted by Gasteiger charge is 2.46. The number of amides is 1. The summed E-state index contributed by atoms with van der Waals surface area (Å²) in [5.41, 5.74) is 1.82. The Morgan fingerprint density at radius 1 is 1.05 bits per heavy atom. The van der Waals surface area contributed by atoms with Crippen LogP contribution < -0.4 is 9.47 Å². The second-order valence-electron chi connectivity index (χ2n) is 9.13. The van der Waals surface area contributed by atoms with E-state index >= 15 is 0 Å². The highest BCUT2D eigenvalue weighted by molar-refractivity contribution is 6.46. The molecular weight excluding hydrogens is 472 g/mol. The number of phenols is 1. The van der Waals surface area contributed by atoms with Crippen LogP contribution in [0.25, 0.3) is 5.76 Å². The summed E-state index contributed by atoms with van der Waals surface area (Å²) in [6.45, 7) is 11.2. The van der Waals surface area contributed by atoms with Crippen molar-refractivity contribution in [3.05, 3.63) is 58.7 Å². The van der Waals surface area contributed by atoms with Crippen LogP contribution in [0.1, 0.15) is 56.3 Å². The van der Waals surface area contributed by atoms with Crippen LogP contribution in [0.4, 0.5) is 0 Å². The van der Waals surface area contributed by atoms with Gasteiger partial charge < -0.3 is 29.5 Å². The molecule has 1 fully saturated rings. The minimum Gasteiger partial charge on any atom is -0.507 e. The number of benzene rings is 2. The molecule has 8 nitrogen and oxygen atoms in total. The number of ether oxygens (including phenoxy) is 2. The van der Waals surface area contributed by atoms with Crippen LogP contribution in [0.3, 0.4) is 0 Å². The molecule has 0 bridgehead atoms. The third-order valence-electron chi connectivity index (χ3n) is 6.81. The molecule has 0 aliphatic carbocycles. The van der Waals surface area contributed by atoms with Crippen molar-refractivity contribution in [1.29, 1.82) is 0 Å². The number of carbonyl (C=O) groups is 2. The van der Waals surface area contributed by atoms with Gasteiger partial charge in [0.05, 0.1) is 25.3 Å². The van der Waals surface area contributed by atoms with E-state index in [-0.39, 0.29) is 22.8 Å². The number of likely N-dealkylation sites (tertiary alicyclic amines) is 1. The number of Topliss-reactive ketones (excluding diaryl/α,β-unsaturated/α-hetero) is 1.